The lowest BCUT2D eigenvalue weighted by Gasteiger charge is -2.20. The van der Waals surface area contributed by atoms with Crippen molar-refractivity contribution in [1.29, 1.82) is 0 Å². The molecular formula is C17H17ClFN3OS2. The van der Waals surface area contributed by atoms with Gasteiger partial charge in [0.2, 0.25) is 0 Å². The van der Waals surface area contributed by atoms with E-state index in [1.165, 1.54) is 34.8 Å². The third-order valence-corrected chi connectivity index (χ3v) is 5.85. The second-order valence-electron chi connectivity index (χ2n) is 5.83. The molecule has 8 heteroatoms. The van der Waals surface area contributed by atoms with Gasteiger partial charge in [0.1, 0.15) is 5.82 Å². The van der Waals surface area contributed by atoms with Gasteiger partial charge >= 0.3 is 0 Å². The number of amides is 1. The Hall–Kier alpha value is -1.54. The third kappa shape index (κ3) is 4.36. The summed E-state index contributed by atoms with van der Waals surface area (Å²) in [5.41, 5.74) is 0.691. The van der Waals surface area contributed by atoms with E-state index < -0.39 is 0 Å². The Kier molecular flexibility index (Phi) is 5.68. The van der Waals surface area contributed by atoms with E-state index in [4.69, 9.17) is 11.6 Å². The van der Waals surface area contributed by atoms with E-state index in [0.717, 1.165) is 17.7 Å². The molecule has 1 amide bonds. The summed E-state index contributed by atoms with van der Waals surface area (Å²) in [6.07, 6.45) is 0.808. The molecule has 0 atom stereocenters. The Labute approximate surface area is 158 Å². The minimum Gasteiger partial charge on any atom is -0.309 e. The summed E-state index contributed by atoms with van der Waals surface area (Å²) in [5.74, 6) is -0.437. The van der Waals surface area contributed by atoms with Crippen LogP contribution in [0.1, 0.15) is 16.1 Å². The molecule has 0 saturated heterocycles. The van der Waals surface area contributed by atoms with E-state index in [-0.39, 0.29) is 11.7 Å². The molecule has 0 bridgehead atoms. The fraction of sp³-hybridized carbons (Fsp3) is 0.294. The number of rotatable bonds is 6. The van der Waals surface area contributed by atoms with E-state index in [0.29, 0.717) is 26.4 Å². The minimum atomic E-state index is -0.307. The van der Waals surface area contributed by atoms with Crippen LogP contribution in [0.4, 0.5) is 9.52 Å². The van der Waals surface area contributed by atoms with Crippen molar-refractivity contribution in [1.82, 2.24) is 9.88 Å². The highest BCUT2D eigenvalue weighted by atomic mass is 35.5. The van der Waals surface area contributed by atoms with E-state index in [9.17, 15) is 9.18 Å². The van der Waals surface area contributed by atoms with Crippen LogP contribution in [-0.4, -0.2) is 43.0 Å². The minimum absolute atomic E-state index is 0.129. The first-order valence-electron chi connectivity index (χ1n) is 7.72. The van der Waals surface area contributed by atoms with E-state index in [2.05, 4.69) is 9.88 Å². The zero-order chi connectivity index (χ0) is 18.0. The number of benzene rings is 1. The molecule has 0 radical (unpaired) electrons. The first-order valence-corrected chi connectivity index (χ1v) is 9.73. The summed E-state index contributed by atoms with van der Waals surface area (Å²) in [5, 5.41) is 0.578. The van der Waals surface area contributed by atoms with Crippen LogP contribution >= 0.6 is 34.3 Å². The number of aromatic nitrogens is 1. The van der Waals surface area contributed by atoms with Crippen LogP contribution < -0.4 is 4.90 Å². The van der Waals surface area contributed by atoms with Crippen LogP contribution in [0.3, 0.4) is 0 Å². The van der Waals surface area contributed by atoms with Gasteiger partial charge in [0.15, 0.2) is 5.13 Å². The molecule has 0 N–H and O–H groups in total. The van der Waals surface area contributed by atoms with Crippen molar-refractivity contribution in [3.05, 3.63) is 45.4 Å². The fourth-order valence-electron chi connectivity index (χ4n) is 2.39. The zero-order valence-corrected chi connectivity index (χ0v) is 16.2. The van der Waals surface area contributed by atoms with Gasteiger partial charge in [-0.1, -0.05) is 22.9 Å². The van der Waals surface area contributed by atoms with Gasteiger partial charge in [-0.3, -0.25) is 9.69 Å². The number of fused-ring (bicyclic) bond motifs is 1. The van der Waals surface area contributed by atoms with E-state index in [1.54, 1.807) is 23.1 Å². The van der Waals surface area contributed by atoms with Crippen LogP contribution in [0, 0.1) is 5.82 Å². The van der Waals surface area contributed by atoms with E-state index in [1.807, 2.05) is 14.1 Å². The van der Waals surface area contributed by atoms with Crippen molar-refractivity contribution in [2.24, 2.45) is 0 Å². The molecule has 0 spiro atoms. The predicted octanol–water partition coefficient (Wildman–Crippen LogP) is 4.75. The SMILES string of the molecule is CN(C)CCCN(C(=O)c1ccc(Cl)s1)c1nc2ccc(F)cc2s1. The number of halogens is 2. The molecule has 132 valence electrons. The topological polar surface area (TPSA) is 36.4 Å². The third-order valence-electron chi connectivity index (χ3n) is 3.59. The van der Waals surface area contributed by atoms with Crippen molar-refractivity contribution in [2.75, 3.05) is 32.1 Å². The molecule has 1 aromatic carbocycles. The van der Waals surface area contributed by atoms with Crippen molar-refractivity contribution in [2.45, 2.75) is 6.42 Å². The Morgan fingerprint density at radius 1 is 1.20 bits per heavy atom. The van der Waals surface area contributed by atoms with Gasteiger partial charge in [0.25, 0.3) is 5.91 Å². The molecule has 0 aliphatic heterocycles. The van der Waals surface area contributed by atoms with Crippen molar-refractivity contribution in [3.8, 4) is 0 Å². The average molecular weight is 398 g/mol. The van der Waals surface area contributed by atoms with Crippen LogP contribution in [-0.2, 0) is 0 Å². The average Bonchev–Trinajstić information content (AvgIpc) is 3.16. The summed E-state index contributed by atoms with van der Waals surface area (Å²) >= 11 is 8.54. The highest BCUT2D eigenvalue weighted by molar-refractivity contribution is 7.22. The molecule has 4 nitrogen and oxygen atoms in total. The quantitative estimate of drug-likeness (QED) is 0.602. The smallest absolute Gasteiger partial charge is 0.270 e. The number of hydrogen-bond acceptors (Lipinski definition) is 5. The molecule has 2 heterocycles. The van der Waals surface area contributed by atoms with Crippen LogP contribution in [0.25, 0.3) is 10.2 Å². The summed E-state index contributed by atoms with van der Waals surface area (Å²) < 4.78 is 14.7. The van der Waals surface area contributed by atoms with Gasteiger partial charge in [-0.15, -0.1) is 11.3 Å². The largest absolute Gasteiger partial charge is 0.309 e. The molecule has 3 rings (SSSR count). The lowest BCUT2D eigenvalue weighted by Crippen LogP contribution is -2.32. The van der Waals surface area contributed by atoms with Gasteiger partial charge in [-0.05, 0) is 57.4 Å². The van der Waals surface area contributed by atoms with Crippen molar-refractivity contribution < 1.29 is 9.18 Å². The van der Waals surface area contributed by atoms with Gasteiger partial charge in [-0.25, -0.2) is 9.37 Å². The number of thiophene rings is 1. The first-order chi connectivity index (χ1) is 11.9. The Morgan fingerprint density at radius 3 is 2.68 bits per heavy atom. The highest BCUT2D eigenvalue weighted by Gasteiger charge is 2.22. The maximum absolute atomic E-state index is 13.4. The maximum Gasteiger partial charge on any atom is 0.270 e. The molecule has 0 aliphatic rings. The number of thiazole rings is 1. The highest BCUT2D eigenvalue weighted by Crippen LogP contribution is 2.32. The van der Waals surface area contributed by atoms with Gasteiger partial charge in [0.05, 0.1) is 19.4 Å². The van der Waals surface area contributed by atoms with Crippen LogP contribution in [0.5, 0.6) is 0 Å². The van der Waals surface area contributed by atoms with Gasteiger partial charge in [0, 0.05) is 6.54 Å². The number of hydrogen-bond donors (Lipinski definition) is 0. The van der Waals surface area contributed by atoms with Crippen LogP contribution in [0.15, 0.2) is 30.3 Å². The predicted molar refractivity (Wildman–Crippen MR) is 104 cm³/mol. The lowest BCUT2D eigenvalue weighted by atomic mass is 10.3. The standard InChI is InChI=1S/C17H17ClFN3OS2/c1-21(2)8-3-9-22(16(23)13-6-7-15(18)24-13)17-20-12-5-4-11(19)10-14(12)25-17/h4-7,10H,3,8-9H2,1-2H3. The molecule has 0 unspecified atom stereocenters. The number of carbonyl (C=O) groups excluding carboxylic acids is 1. The molecular weight excluding hydrogens is 381 g/mol. The van der Waals surface area contributed by atoms with E-state index >= 15 is 0 Å². The monoisotopic (exact) mass is 397 g/mol. The van der Waals surface area contributed by atoms with Gasteiger partial charge in [-0.2, -0.15) is 0 Å². The second kappa shape index (κ2) is 7.78. The van der Waals surface area contributed by atoms with Crippen molar-refractivity contribution >= 4 is 55.5 Å². The number of anilines is 1. The number of carbonyl (C=O) groups is 1. The molecule has 0 saturated carbocycles. The van der Waals surface area contributed by atoms with Crippen LogP contribution in [0.2, 0.25) is 4.34 Å². The summed E-state index contributed by atoms with van der Waals surface area (Å²) in [6.45, 7) is 1.39. The number of nitrogens with zero attached hydrogens (tertiary/aromatic N) is 3. The molecule has 2 aromatic heterocycles. The zero-order valence-electron chi connectivity index (χ0n) is 13.8. The normalized spacial score (nSPS) is 11.4. The molecule has 0 aliphatic carbocycles. The molecule has 25 heavy (non-hydrogen) atoms. The Bertz CT molecular complexity index is 893. The Balaban J connectivity index is 1.92. The lowest BCUT2D eigenvalue weighted by molar-refractivity contribution is 0.0990. The van der Waals surface area contributed by atoms with Crippen molar-refractivity contribution in [3.63, 3.8) is 0 Å². The second-order valence-corrected chi connectivity index (χ2v) is 8.55. The maximum atomic E-state index is 13.4. The fourth-order valence-corrected chi connectivity index (χ4v) is 4.40. The Morgan fingerprint density at radius 2 is 2.00 bits per heavy atom. The van der Waals surface area contributed by atoms with Gasteiger partial charge < -0.3 is 4.90 Å². The molecule has 3 aromatic rings. The first kappa shape index (κ1) is 18.3. The molecule has 0 fully saturated rings. The summed E-state index contributed by atoms with van der Waals surface area (Å²) in [7, 11) is 3.98. The summed E-state index contributed by atoms with van der Waals surface area (Å²) in [4.78, 5) is 21.8. The summed E-state index contributed by atoms with van der Waals surface area (Å²) in [6, 6.07) is 7.89.